The van der Waals surface area contributed by atoms with Gasteiger partial charge in [0.1, 0.15) is 0 Å². The van der Waals surface area contributed by atoms with E-state index in [0.29, 0.717) is 18.5 Å². The van der Waals surface area contributed by atoms with Crippen LogP contribution >= 0.6 is 15.9 Å². The largest absolute Gasteiger partial charge is 0.352 e. The average molecular weight is 443 g/mol. The van der Waals surface area contributed by atoms with Crippen LogP contribution in [-0.2, 0) is 17.8 Å². The number of amides is 2. The Bertz CT molecular complexity index is 799. The zero-order chi connectivity index (χ0) is 19.8. The van der Waals surface area contributed by atoms with Gasteiger partial charge in [0.2, 0.25) is 5.91 Å². The van der Waals surface area contributed by atoms with E-state index in [1.165, 1.54) is 5.56 Å². The van der Waals surface area contributed by atoms with E-state index in [1.807, 2.05) is 41.3 Å². The van der Waals surface area contributed by atoms with E-state index in [0.717, 1.165) is 55.2 Å². The molecule has 1 N–H and O–H groups in total. The molecule has 1 aliphatic rings. The number of nitrogens with one attached hydrogen (secondary N) is 1. The summed E-state index contributed by atoms with van der Waals surface area (Å²) in [6, 6.07) is 15.9. The zero-order valence-corrected chi connectivity index (χ0v) is 17.7. The van der Waals surface area contributed by atoms with Crippen molar-refractivity contribution in [2.45, 2.75) is 45.1 Å². The van der Waals surface area contributed by atoms with Crippen molar-refractivity contribution in [3.05, 3.63) is 69.7 Å². The van der Waals surface area contributed by atoms with Crippen LogP contribution in [0.4, 0.5) is 0 Å². The molecule has 0 radical (unpaired) electrons. The molecule has 0 bridgehead atoms. The van der Waals surface area contributed by atoms with Crippen LogP contribution in [0.25, 0.3) is 0 Å². The third-order valence-corrected chi connectivity index (χ3v) is 5.62. The second-order valence-corrected chi connectivity index (χ2v) is 8.23. The normalized spacial score (nSPS) is 13.5. The Kier molecular flexibility index (Phi) is 7.66. The highest BCUT2D eigenvalue weighted by Gasteiger charge is 2.19. The molecule has 3 rings (SSSR count). The smallest absolute Gasteiger partial charge is 0.253 e. The SMILES string of the molecule is O=C(CCCCc1ccc(Br)cc1)NCc1cccc(C(=O)N2CCCC2)c1. The van der Waals surface area contributed by atoms with E-state index < -0.39 is 0 Å². The summed E-state index contributed by atoms with van der Waals surface area (Å²) in [5.74, 6) is 0.158. The van der Waals surface area contributed by atoms with E-state index in [-0.39, 0.29) is 11.8 Å². The molecule has 0 aliphatic carbocycles. The summed E-state index contributed by atoms with van der Waals surface area (Å²) in [5.41, 5.74) is 2.97. The van der Waals surface area contributed by atoms with Gasteiger partial charge >= 0.3 is 0 Å². The summed E-state index contributed by atoms with van der Waals surface area (Å²) < 4.78 is 1.09. The summed E-state index contributed by atoms with van der Waals surface area (Å²) in [5, 5.41) is 2.97. The molecular weight excluding hydrogens is 416 g/mol. The average Bonchev–Trinajstić information content (AvgIpc) is 3.25. The molecule has 1 aliphatic heterocycles. The predicted molar refractivity (Wildman–Crippen MR) is 115 cm³/mol. The van der Waals surface area contributed by atoms with E-state index in [4.69, 9.17) is 0 Å². The molecule has 2 aromatic carbocycles. The molecule has 4 nitrogen and oxygen atoms in total. The summed E-state index contributed by atoms with van der Waals surface area (Å²) in [6.07, 6.45) is 5.56. The first-order valence-electron chi connectivity index (χ1n) is 10.0. The molecule has 5 heteroatoms. The van der Waals surface area contributed by atoms with Gasteiger partial charge in [-0.2, -0.15) is 0 Å². The van der Waals surface area contributed by atoms with Crippen molar-refractivity contribution in [2.24, 2.45) is 0 Å². The number of likely N-dealkylation sites (tertiary alicyclic amines) is 1. The van der Waals surface area contributed by atoms with Crippen molar-refractivity contribution in [1.82, 2.24) is 10.2 Å². The molecule has 1 saturated heterocycles. The third-order valence-electron chi connectivity index (χ3n) is 5.09. The van der Waals surface area contributed by atoms with Crippen LogP contribution in [0.2, 0.25) is 0 Å². The van der Waals surface area contributed by atoms with Gasteiger partial charge in [0, 0.05) is 36.1 Å². The number of hydrogen-bond acceptors (Lipinski definition) is 2. The second kappa shape index (κ2) is 10.4. The van der Waals surface area contributed by atoms with Gasteiger partial charge in [0.15, 0.2) is 0 Å². The van der Waals surface area contributed by atoms with Gasteiger partial charge in [-0.05, 0) is 67.5 Å². The number of benzene rings is 2. The molecule has 0 atom stereocenters. The topological polar surface area (TPSA) is 49.4 Å². The summed E-state index contributed by atoms with van der Waals surface area (Å²) >= 11 is 3.44. The Morgan fingerprint density at radius 2 is 1.71 bits per heavy atom. The summed E-state index contributed by atoms with van der Waals surface area (Å²) in [6.45, 7) is 2.16. The fraction of sp³-hybridized carbons (Fsp3) is 0.391. The molecule has 1 heterocycles. The van der Waals surface area contributed by atoms with Gasteiger partial charge in [0.05, 0.1) is 0 Å². The van der Waals surface area contributed by atoms with Crippen molar-refractivity contribution in [1.29, 1.82) is 0 Å². The van der Waals surface area contributed by atoms with Crippen LogP contribution in [0.3, 0.4) is 0 Å². The number of carbonyl (C=O) groups is 2. The van der Waals surface area contributed by atoms with E-state index in [9.17, 15) is 9.59 Å². The first kappa shape index (κ1) is 20.6. The first-order valence-corrected chi connectivity index (χ1v) is 10.8. The standard InChI is InChI=1S/C23H27BrN2O2/c24-21-12-10-18(11-13-21)6-1-2-9-22(27)25-17-19-7-5-8-20(16-19)23(28)26-14-3-4-15-26/h5,7-8,10-13,16H,1-4,6,9,14-15,17H2,(H,25,27). The minimum atomic E-state index is 0.0621. The van der Waals surface area contributed by atoms with Gasteiger partial charge in [-0.1, -0.05) is 40.2 Å². The lowest BCUT2D eigenvalue weighted by molar-refractivity contribution is -0.121. The monoisotopic (exact) mass is 442 g/mol. The third kappa shape index (κ3) is 6.20. The predicted octanol–water partition coefficient (Wildman–Crippen LogP) is 4.71. The lowest BCUT2D eigenvalue weighted by atomic mass is 10.1. The highest BCUT2D eigenvalue weighted by molar-refractivity contribution is 9.10. The van der Waals surface area contributed by atoms with Crippen LogP contribution in [0.1, 0.15) is 53.6 Å². The van der Waals surface area contributed by atoms with E-state index in [2.05, 4.69) is 33.4 Å². The van der Waals surface area contributed by atoms with Gasteiger partial charge < -0.3 is 10.2 Å². The van der Waals surface area contributed by atoms with Crippen LogP contribution in [0.15, 0.2) is 53.0 Å². The second-order valence-electron chi connectivity index (χ2n) is 7.31. The van der Waals surface area contributed by atoms with Crippen molar-refractivity contribution in [2.75, 3.05) is 13.1 Å². The van der Waals surface area contributed by atoms with Gasteiger partial charge in [-0.3, -0.25) is 9.59 Å². The fourth-order valence-corrected chi connectivity index (χ4v) is 3.74. The van der Waals surface area contributed by atoms with Crippen molar-refractivity contribution < 1.29 is 9.59 Å². The Labute approximate surface area is 175 Å². The number of unbranched alkanes of at least 4 members (excludes halogenated alkanes) is 1. The van der Waals surface area contributed by atoms with Gasteiger partial charge in [-0.25, -0.2) is 0 Å². The maximum Gasteiger partial charge on any atom is 0.253 e. The Balaban J connectivity index is 1.38. The van der Waals surface area contributed by atoms with Crippen LogP contribution < -0.4 is 5.32 Å². The van der Waals surface area contributed by atoms with E-state index in [1.54, 1.807) is 0 Å². The lowest BCUT2D eigenvalue weighted by Gasteiger charge is -2.15. The van der Waals surface area contributed by atoms with Crippen molar-refractivity contribution in [3.8, 4) is 0 Å². The Morgan fingerprint density at radius 1 is 0.964 bits per heavy atom. The minimum absolute atomic E-state index is 0.0621. The highest BCUT2D eigenvalue weighted by atomic mass is 79.9. The molecule has 0 unspecified atom stereocenters. The minimum Gasteiger partial charge on any atom is -0.352 e. The zero-order valence-electron chi connectivity index (χ0n) is 16.1. The van der Waals surface area contributed by atoms with Crippen molar-refractivity contribution in [3.63, 3.8) is 0 Å². The highest BCUT2D eigenvalue weighted by Crippen LogP contribution is 2.15. The quantitative estimate of drug-likeness (QED) is 0.601. The molecule has 2 amide bonds. The molecule has 28 heavy (non-hydrogen) atoms. The number of aryl methyl sites for hydroxylation is 1. The molecule has 1 fully saturated rings. The van der Waals surface area contributed by atoms with Crippen molar-refractivity contribution >= 4 is 27.7 Å². The number of halogens is 1. The van der Waals surface area contributed by atoms with Crippen LogP contribution in [0.5, 0.6) is 0 Å². The Hall–Kier alpha value is -2.14. The maximum atomic E-state index is 12.5. The number of nitrogens with zero attached hydrogens (tertiary/aromatic N) is 1. The fourth-order valence-electron chi connectivity index (χ4n) is 3.47. The number of hydrogen-bond donors (Lipinski definition) is 1. The summed E-state index contributed by atoms with van der Waals surface area (Å²) in [7, 11) is 0. The van der Waals surface area contributed by atoms with Gasteiger partial charge in [0.25, 0.3) is 5.91 Å². The first-order chi connectivity index (χ1) is 13.6. The lowest BCUT2D eigenvalue weighted by Crippen LogP contribution is -2.28. The molecular formula is C23H27BrN2O2. The molecule has 0 spiro atoms. The molecule has 0 saturated carbocycles. The molecule has 0 aromatic heterocycles. The van der Waals surface area contributed by atoms with E-state index >= 15 is 0 Å². The van der Waals surface area contributed by atoms with Crippen LogP contribution in [-0.4, -0.2) is 29.8 Å². The molecule has 148 valence electrons. The molecule has 2 aromatic rings. The van der Waals surface area contributed by atoms with Gasteiger partial charge in [-0.15, -0.1) is 0 Å². The number of carbonyl (C=O) groups excluding carboxylic acids is 2. The number of rotatable bonds is 8. The maximum absolute atomic E-state index is 12.5. The Morgan fingerprint density at radius 3 is 2.46 bits per heavy atom. The summed E-state index contributed by atoms with van der Waals surface area (Å²) in [4.78, 5) is 26.5. The van der Waals surface area contributed by atoms with Crippen LogP contribution in [0, 0.1) is 0 Å².